The molecule has 1 rings (SSSR count). The zero-order valence-electron chi connectivity index (χ0n) is 8.86. The van der Waals surface area contributed by atoms with Gasteiger partial charge in [-0.05, 0) is 18.9 Å². The highest BCUT2D eigenvalue weighted by molar-refractivity contribution is 5.22. The molecule has 2 N–H and O–H groups in total. The highest BCUT2D eigenvalue weighted by Crippen LogP contribution is 2.15. The molecule has 0 aliphatic carbocycles. The van der Waals surface area contributed by atoms with Crippen LogP contribution in [0.1, 0.15) is 20.8 Å². The highest BCUT2D eigenvalue weighted by Gasteiger charge is 2.24. The van der Waals surface area contributed by atoms with E-state index in [0.29, 0.717) is 12.5 Å². The standard InChI is InChI=1S/C10H17N3O/c1-8(2)10(3,14)7-13-9-11-5-4-6-12-9/h4-6,8,14H,7H2,1-3H3,(H,11,12,13). The molecule has 0 aliphatic heterocycles. The molecule has 0 aromatic carbocycles. The molecule has 0 fully saturated rings. The van der Waals surface area contributed by atoms with Gasteiger partial charge in [0, 0.05) is 18.9 Å². The van der Waals surface area contributed by atoms with E-state index in [1.165, 1.54) is 0 Å². The van der Waals surface area contributed by atoms with E-state index in [9.17, 15) is 5.11 Å². The van der Waals surface area contributed by atoms with Crippen LogP contribution in [0.4, 0.5) is 5.95 Å². The Kier molecular flexibility index (Phi) is 3.41. The Balaban J connectivity index is 2.49. The molecule has 14 heavy (non-hydrogen) atoms. The molecule has 1 unspecified atom stereocenters. The normalized spacial score (nSPS) is 15.2. The highest BCUT2D eigenvalue weighted by atomic mass is 16.3. The van der Waals surface area contributed by atoms with Crippen molar-refractivity contribution in [1.29, 1.82) is 0 Å². The van der Waals surface area contributed by atoms with E-state index in [1.54, 1.807) is 25.4 Å². The Labute approximate surface area is 84.4 Å². The van der Waals surface area contributed by atoms with Crippen molar-refractivity contribution in [2.45, 2.75) is 26.4 Å². The lowest BCUT2D eigenvalue weighted by atomic mass is 9.93. The van der Waals surface area contributed by atoms with E-state index in [1.807, 2.05) is 13.8 Å². The molecular formula is C10H17N3O. The van der Waals surface area contributed by atoms with Crippen LogP contribution in [0.5, 0.6) is 0 Å². The van der Waals surface area contributed by atoms with Crippen LogP contribution >= 0.6 is 0 Å². The van der Waals surface area contributed by atoms with Gasteiger partial charge in [-0.1, -0.05) is 13.8 Å². The summed E-state index contributed by atoms with van der Waals surface area (Å²) in [4.78, 5) is 8.02. The summed E-state index contributed by atoms with van der Waals surface area (Å²) in [5.41, 5.74) is -0.737. The topological polar surface area (TPSA) is 58.0 Å². The minimum absolute atomic E-state index is 0.193. The number of nitrogens with one attached hydrogen (secondary N) is 1. The third-order valence-corrected chi connectivity index (χ3v) is 2.41. The molecule has 0 spiro atoms. The van der Waals surface area contributed by atoms with Crippen molar-refractivity contribution in [2.24, 2.45) is 5.92 Å². The van der Waals surface area contributed by atoms with Gasteiger partial charge in [0.15, 0.2) is 0 Å². The number of hydrogen-bond donors (Lipinski definition) is 2. The van der Waals surface area contributed by atoms with Gasteiger partial charge in [0.2, 0.25) is 5.95 Å². The van der Waals surface area contributed by atoms with Gasteiger partial charge in [0.05, 0.1) is 5.60 Å². The fourth-order valence-electron chi connectivity index (χ4n) is 0.853. The molecule has 0 bridgehead atoms. The summed E-state index contributed by atoms with van der Waals surface area (Å²) < 4.78 is 0. The SMILES string of the molecule is CC(C)C(C)(O)CNc1ncccn1. The average Bonchev–Trinajstić information content (AvgIpc) is 2.16. The predicted molar refractivity (Wildman–Crippen MR) is 56.0 cm³/mol. The quantitative estimate of drug-likeness (QED) is 0.760. The van der Waals surface area contributed by atoms with Crippen LogP contribution in [-0.2, 0) is 0 Å². The number of aliphatic hydroxyl groups is 1. The molecule has 78 valence electrons. The molecule has 4 nitrogen and oxygen atoms in total. The molecule has 1 aromatic rings. The van der Waals surface area contributed by atoms with Gasteiger partial charge >= 0.3 is 0 Å². The third-order valence-electron chi connectivity index (χ3n) is 2.41. The summed E-state index contributed by atoms with van der Waals surface area (Å²) >= 11 is 0. The number of hydrogen-bond acceptors (Lipinski definition) is 4. The lowest BCUT2D eigenvalue weighted by molar-refractivity contribution is 0.0265. The molecule has 0 amide bonds. The Morgan fingerprint density at radius 3 is 2.50 bits per heavy atom. The summed E-state index contributed by atoms with van der Waals surface area (Å²) in [6.07, 6.45) is 3.33. The van der Waals surface area contributed by atoms with E-state index in [4.69, 9.17) is 0 Å². The Morgan fingerprint density at radius 1 is 1.43 bits per heavy atom. The van der Waals surface area contributed by atoms with Gasteiger partial charge in [-0.15, -0.1) is 0 Å². The zero-order valence-corrected chi connectivity index (χ0v) is 8.86. The first kappa shape index (κ1) is 10.9. The Hall–Kier alpha value is -1.16. The first-order valence-electron chi connectivity index (χ1n) is 4.75. The summed E-state index contributed by atoms with van der Waals surface area (Å²) in [6, 6.07) is 1.76. The van der Waals surface area contributed by atoms with Crippen LogP contribution < -0.4 is 5.32 Å². The summed E-state index contributed by atoms with van der Waals surface area (Å²) in [5, 5.41) is 12.9. The predicted octanol–water partition coefficient (Wildman–Crippen LogP) is 1.30. The first-order chi connectivity index (χ1) is 6.52. The van der Waals surface area contributed by atoms with Crippen molar-refractivity contribution < 1.29 is 5.11 Å². The van der Waals surface area contributed by atoms with Crippen molar-refractivity contribution >= 4 is 5.95 Å². The zero-order chi connectivity index (χ0) is 10.6. The van der Waals surface area contributed by atoms with Gasteiger partial charge in [-0.3, -0.25) is 0 Å². The minimum atomic E-state index is -0.737. The lowest BCUT2D eigenvalue weighted by Crippen LogP contribution is -2.39. The molecule has 0 radical (unpaired) electrons. The molecule has 0 aliphatic rings. The van der Waals surface area contributed by atoms with E-state index >= 15 is 0 Å². The number of anilines is 1. The number of rotatable bonds is 4. The van der Waals surface area contributed by atoms with Crippen LogP contribution in [0, 0.1) is 5.92 Å². The smallest absolute Gasteiger partial charge is 0.222 e. The summed E-state index contributed by atoms with van der Waals surface area (Å²) in [6.45, 7) is 6.21. The van der Waals surface area contributed by atoms with Gasteiger partial charge < -0.3 is 10.4 Å². The molecule has 1 heterocycles. The van der Waals surface area contributed by atoms with Crippen molar-refractivity contribution in [3.63, 3.8) is 0 Å². The maximum Gasteiger partial charge on any atom is 0.222 e. The second-order valence-electron chi connectivity index (χ2n) is 3.94. The maximum atomic E-state index is 9.93. The van der Waals surface area contributed by atoms with E-state index in [0.717, 1.165) is 0 Å². The van der Waals surface area contributed by atoms with Crippen LogP contribution in [0.2, 0.25) is 0 Å². The van der Waals surface area contributed by atoms with Crippen LogP contribution in [0.3, 0.4) is 0 Å². The van der Waals surface area contributed by atoms with Gasteiger partial charge in [0.1, 0.15) is 0 Å². The van der Waals surface area contributed by atoms with Gasteiger partial charge in [0.25, 0.3) is 0 Å². The van der Waals surface area contributed by atoms with Crippen molar-refractivity contribution in [3.05, 3.63) is 18.5 Å². The lowest BCUT2D eigenvalue weighted by Gasteiger charge is -2.27. The van der Waals surface area contributed by atoms with Gasteiger partial charge in [-0.25, -0.2) is 9.97 Å². The molecule has 1 aromatic heterocycles. The molecule has 0 saturated heterocycles. The first-order valence-corrected chi connectivity index (χ1v) is 4.75. The monoisotopic (exact) mass is 195 g/mol. The number of nitrogens with zero attached hydrogens (tertiary/aromatic N) is 2. The van der Waals surface area contributed by atoms with Crippen molar-refractivity contribution in [1.82, 2.24) is 9.97 Å². The van der Waals surface area contributed by atoms with Crippen LogP contribution in [0.15, 0.2) is 18.5 Å². The number of aromatic nitrogens is 2. The van der Waals surface area contributed by atoms with Crippen molar-refractivity contribution in [2.75, 3.05) is 11.9 Å². The van der Waals surface area contributed by atoms with Crippen molar-refractivity contribution in [3.8, 4) is 0 Å². The van der Waals surface area contributed by atoms with Crippen LogP contribution in [-0.4, -0.2) is 27.2 Å². The Bertz CT molecular complexity index is 272. The summed E-state index contributed by atoms with van der Waals surface area (Å²) in [5.74, 6) is 0.743. The molecule has 0 saturated carbocycles. The average molecular weight is 195 g/mol. The second-order valence-corrected chi connectivity index (χ2v) is 3.94. The van der Waals surface area contributed by atoms with E-state index in [-0.39, 0.29) is 5.92 Å². The van der Waals surface area contributed by atoms with Gasteiger partial charge in [-0.2, -0.15) is 0 Å². The largest absolute Gasteiger partial charge is 0.388 e. The molecular weight excluding hydrogens is 178 g/mol. The minimum Gasteiger partial charge on any atom is -0.388 e. The second kappa shape index (κ2) is 4.37. The maximum absolute atomic E-state index is 9.93. The van der Waals surface area contributed by atoms with E-state index in [2.05, 4.69) is 15.3 Å². The Morgan fingerprint density at radius 2 is 2.00 bits per heavy atom. The van der Waals surface area contributed by atoms with E-state index < -0.39 is 5.60 Å². The molecule has 1 atom stereocenters. The fraction of sp³-hybridized carbons (Fsp3) is 0.600. The third kappa shape index (κ3) is 2.96. The fourth-order valence-corrected chi connectivity index (χ4v) is 0.853. The molecule has 4 heteroatoms. The van der Waals surface area contributed by atoms with Crippen LogP contribution in [0.25, 0.3) is 0 Å². The summed E-state index contributed by atoms with van der Waals surface area (Å²) in [7, 11) is 0.